The predicted molar refractivity (Wildman–Crippen MR) is 75.9 cm³/mol. The van der Waals surface area contributed by atoms with Crippen molar-refractivity contribution < 1.29 is 18.7 Å². The first-order chi connectivity index (χ1) is 10.1. The van der Waals surface area contributed by atoms with Gasteiger partial charge in [0.1, 0.15) is 5.82 Å². The molecule has 0 radical (unpaired) electrons. The molecule has 21 heavy (non-hydrogen) atoms. The SMILES string of the molecule is O=C(c1cccc(C2OCCO2)c1)c1ccc(Cl)c(F)c1. The van der Waals surface area contributed by atoms with Crippen molar-refractivity contribution in [3.05, 3.63) is 70.0 Å². The highest BCUT2D eigenvalue weighted by Gasteiger charge is 2.20. The normalized spacial score (nSPS) is 15.3. The largest absolute Gasteiger partial charge is 0.346 e. The summed E-state index contributed by atoms with van der Waals surface area (Å²) in [6, 6.07) is 11.0. The summed E-state index contributed by atoms with van der Waals surface area (Å²) in [7, 11) is 0. The summed E-state index contributed by atoms with van der Waals surface area (Å²) in [6.07, 6.45) is -0.445. The summed E-state index contributed by atoms with van der Waals surface area (Å²) in [5, 5.41) is -0.00643. The Kier molecular flexibility index (Phi) is 4.01. The fourth-order valence-corrected chi connectivity index (χ4v) is 2.30. The molecule has 0 saturated carbocycles. The van der Waals surface area contributed by atoms with Crippen LogP contribution >= 0.6 is 11.6 Å². The van der Waals surface area contributed by atoms with E-state index in [-0.39, 0.29) is 16.4 Å². The zero-order valence-corrected chi connectivity index (χ0v) is 11.8. The van der Waals surface area contributed by atoms with Crippen molar-refractivity contribution in [1.29, 1.82) is 0 Å². The van der Waals surface area contributed by atoms with E-state index >= 15 is 0 Å². The quantitative estimate of drug-likeness (QED) is 0.810. The van der Waals surface area contributed by atoms with Gasteiger partial charge in [-0.05, 0) is 24.3 Å². The van der Waals surface area contributed by atoms with Gasteiger partial charge in [-0.15, -0.1) is 0 Å². The Hall–Kier alpha value is -1.75. The molecule has 1 fully saturated rings. The van der Waals surface area contributed by atoms with Crippen molar-refractivity contribution in [2.45, 2.75) is 6.29 Å². The van der Waals surface area contributed by atoms with Gasteiger partial charge < -0.3 is 9.47 Å². The molecule has 0 aromatic heterocycles. The Morgan fingerprint density at radius 1 is 1.10 bits per heavy atom. The molecule has 0 spiro atoms. The van der Waals surface area contributed by atoms with E-state index in [1.54, 1.807) is 18.2 Å². The van der Waals surface area contributed by atoms with Crippen LogP contribution in [0.2, 0.25) is 5.02 Å². The Bertz CT molecular complexity index is 681. The maximum absolute atomic E-state index is 13.5. The van der Waals surface area contributed by atoms with Crippen molar-refractivity contribution in [1.82, 2.24) is 0 Å². The van der Waals surface area contributed by atoms with E-state index in [1.807, 2.05) is 6.07 Å². The average molecular weight is 307 g/mol. The molecule has 0 N–H and O–H groups in total. The van der Waals surface area contributed by atoms with Crippen molar-refractivity contribution in [2.24, 2.45) is 0 Å². The molecular formula is C16H12ClFO3. The van der Waals surface area contributed by atoms with Gasteiger partial charge in [0.15, 0.2) is 12.1 Å². The Balaban J connectivity index is 1.90. The summed E-state index contributed by atoms with van der Waals surface area (Å²) in [5.41, 5.74) is 1.48. The zero-order valence-electron chi connectivity index (χ0n) is 11.0. The second-order valence-corrected chi connectivity index (χ2v) is 5.06. The third-order valence-electron chi connectivity index (χ3n) is 3.22. The number of ether oxygens (including phenoxy) is 2. The number of rotatable bonds is 3. The van der Waals surface area contributed by atoms with Gasteiger partial charge >= 0.3 is 0 Å². The van der Waals surface area contributed by atoms with E-state index in [0.29, 0.717) is 18.8 Å². The number of ketones is 1. The Labute approximate surface area is 126 Å². The van der Waals surface area contributed by atoms with Crippen molar-refractivity contribution in [3.8, 4) is 0 Å². The lowest BCUT2D eigenvalue weighted by Crippen LogP contribution is -2.05. The summed E-state index contributed by atoms with van der Waals surface area (Å²) in [6.45, 7) is 1.07. The Morgan fingerprint density at radius 3 is 2.52 bits per heavy atom. The summed E-state index contributed by atoms with van der Waals surface area (Å²) < 4.78 is 24.3. The van der Waals surface area contributed by atoms with E-state index < -0.39 is 12.1 Å². The minimum absolute atomic E-state index is 0.00643. The van der Waals surface area contributed by atoms with Crippen LogP contribution in [0.25, 0.3) is 0 Å². The summed E-state index contributed by atoms with van der Waals surface area (Å²) in [4.78, 5) is 12.4. The van der Waals surface area contributed by atoms with Gasteiger partial charge in [0, 0.05) is 16.7 Å². The molecular weight excluding hydrogens is 295 g/mol. The monoisotopic (exact) mass is 306 g/mol. The van der Waals surface area contributed by atoms with Crippen LogP contribution in [0.15, 0.2) is 42.5 Å². The maximum atomic E-state index is 13.5. The lowest BCUT2D eigenvalue weighted by atomic mass is 10.0. The van der Waals surface area contributed by atoms with E-state index in [4.69, 9.17) is 21.1 Å². The Morgan fingerprint density at radius 2 is 1.81 bits per heavy atom. The first-order valence-corrected chi connectivity index (χ1v) is 6.86. The summed E-state index contributed by atoms with van der Waals surface area (Å²) >= 11 is 5.62. The van der Waals surface area contributed by atoms with Crippen molar-refractivity contribution in [2.75, 3.05) is 13.2 Å². The number of benzene rings is 2. The van der Waals surface area contributed by atoms with E-state index in [9.17, 15) is 9.18 Å². The van der Waals surface area contributed by atoms with Crippen LogP contribution in [-0.4, -0.2) is 19.0 Å². The highest BCUT2D eigenvalue weighted by Crippen LogP contribution is 2.25. The minimum atomic E-state index is -0.610. The van der Waals surface area contributed by atoms with Gasteiger partial charge in [-0.1, -0.05) is 29.8 Å². The molecule has 0 amide bonds. The maximum Gasteiger partial charge on any atom is 0.193 e. The van der Waals surface area contributed by atoms with Gasteiger partial charge in [-0.25, -0.2) is 4.39 Å². The van der Waals surface area contributed by atoms with Crippen LogP contribution in [0.1, 0.15) is 27.8 Å². The van der Waals surface area contributed by atoms with Gasteiger partial charge in [0.05, 0.1) is 18.2 Å². The topological polar surface area (TPSA) is 35.5 Å². The molecule has 2 aromatic carbocycles. The number of carbonyl (C=O) groups is 1. The minimum Gasteiger partial charge on any atom is -0.346 e. The van der Waals surface area contributed by atoms with Gasteiger partial charge in [-0.3, -0.25) is 4.79 Å². The second kappa shape index (κ2) is 5.93. The van der Waals surface area contributed by atoms with Crippen LogP contribution in [0.3, 0.4) is 0 Å². The molecule has 3 rings (SSSR count). The third kappa shape index (κ3) is 2.97. The number of halogens is 2. The second-order valence-electron chi connectivity index (χ2n) is 4.66. The highest BCUT2D eigenvalue weighted by molar-refractivity contribution is 6.30. The van der Waals surface area contributed by atoms with Gasteiger partial charge in [0.25, 0.3) is 0 Å². The molecule has 1 aliphatic rings. The van der Waals surface area contributed by atoms with Crippen LogP contribution in [0, 0.1) is 5.82 Å². The third-order valence-corrected chi connectivity index (χ3v) is 3.53. The molecule has 1 heterocycles. The molecule has 5 heteroatoms. The molecule has 0 aliphatic carbocycles. The first kappa shape index (κ1) is 14.2. The first-order valence-electron chi connectivity index (χ1n) is 6.48. The van der Waals surface area contributed by atoms with Gasteiger partial charge in [-0.2, -0.15) is 0 Å². The molecule has 1 saturated heterocycles. The lowest BCUT2D eigenvalue weighted by Gasteiger charge is -2.10. The molecule has 0 atom stereocenters. The average Bonchev–Trinajstić information content (AvgIpc) is 3.04. The number of hydrogen-bond donors (Lipinski definition) is 0. The zero-order chi connectivity index (χ0) is 14.8. The van der Waals surface area contributed by atoms with E-state index in [0.717, 1.165) is 11.6 Å². The van der Waals surface area contributed by atoms with E-state index in [1.165, 1.54) is 12.1 Å². The fourth-order valence-electron chi connectivity index (χ4n) is 2.18. The summed E-state index contributed by atoms with van der Waals surface area (Å²) in [5.74, 6) is -0.883. The predicted octanol–water partition coefficient (Wildman–Crippen LogP) is 3.76. The molecule has 3 nitrogen and oxygen atoms in total. The van der Waals surface area contributed by atoms with Crippen molar-refractivity contribution in [3.63, 3.8) is 0 Å². The van der Waals surface area contributed by atoms with Crippen LogP contribution < -0.4 is 0 Å². The van der Waals surface area contributed by atoms with E-state index in [2.05, 4.69) is 0 Å². The smallest absolute Gasteiger partial charge is 0.193 e. The number of hydrogen-bond acceptors (Lipinski definition) is 3. The lowest BCUT2D eigenvalue weighted by molar-refractivity contribution is -0.0441. The fraction of sp³-hybridized carbons (Fsp3) is 0.188. The van der Waals surface area contributed by atoms with Crippen LogP contribution in [0.5, 0.6) is 0 Å². The number of carbonyl (C=O) groups excluding carboxylic acids is 1. The molecule has 0 bridgehead atoms. The van der Waals surface area contributed by atoms with Crippen LogP contribution in [-0.2, 0) is 9.47 Å². The molecule has 108 valence electrons. The molecule has 1 aliphatic heterocycles. The van der Waals surface area contributed by atoms with Crippen LogP contribution in [0.4, 0.5) is 4.39 Å². The highest BCUT2D eigenvalue weighted by atomic mass is 35.5. The van der Waals surface area contributed by atoms with Gasteiger partial charge in [0.2, 0.25) is 0 Å². The molecule has 2 aromatic rings. The van der Waals surface area contributed by atoms with Crippen molar-refractivity contribution >= 4 is 17.4 Å². The molecule has 0 unspecified atom stereocenters. The standard InChI is InChI=1S/C16H12ClFO3/c17-13-5-4-11(9-14(13)18)15(19)10-2-1-3-12(8-10)16-20-6-7-21-16/h1-5,8-9,16H,6-7H2.